The molecule has 0 aromatic carbocycles. The van der Waals surface area contributed by atoms with Gasteiger partial charge in [0.05, 0.1) is 0 Å². The zero-order chi connectivity index (χ0) is 7.33. The second-order valence-electron chi connectivity index (χ2n) is 2.82. The van der Waals surface area contributed by atoms with E-state index >= 15 is 0 Å². The van der Waals surface area contributed by atoms with Crippen LogP contribution in [-0.2, 0) is 0 Å². The second-order valence-corrected chi connectivity index (χ2v) is 4.53. The summed E-state index contributed by atoms with van der Waals surface area (Å²) < 4.78 is 3.52. The van der Waals surface area contributed by atoms with Crippen molar-refractivity contribution in [3.63, 3.8) is 0 Å². The minimum Gasteiger partial charge on any atom is -0.267 e. The predicted octanol–water partition coefficient (Wildman–Crippen LogP) is 2.43. The summed E-state index contributed by atoms with van der Waals surface area (Å²) in [6.45, 7) is 6.74. The van der Waals surface area contributed by atoms with Gasteiger partial charge in [-0.2, -0.15) is 0 Å². The van der Waals surface area contributed by atoms with Crippen LogP contribution < -0.4 is 4.72 Å². The normalized spacial score (nSPS) is 12.0. The molecule has 9 heavy (non-hydrogen) atoms. The third-order valence-corrected chi connectivity index (χ3v) is 2.19. The highest BCUT2D eigenvalue weighted by Gasteiger charge is 2.15. The molecular formula is C7H17NS. The standard InChI is InChI=1S/C7H17NS/c1-5-6-7(2,3)9-8-4/h8H,5-6H2,1-4H3. The Labute approximate surface area is 62.7 Å². The number of nitrogens with one attached hydrogen (secondary N) is 1. The van der Waals surface area contributed by atoms with E-state index in [-0.39, 0.29) is 0 Å². The molecule has 0 saturated heterocycles. The van der Waals surface area contributed by atoms with Crippen LogP contribution in [0.1, 0.15) is 33.6 Å². The Morgan fingerprint density at radius 1 is 1.44 bits per heavy atom. The lowest BCUT2D eigenvalue weighted by molar-refractivity contribution is 0.624. The van der Waals surface area contributed by atoms with E-state index in [4.69, 9.17) is 0 Å². The van der Waals surface area contributed by atoms with Crippen molar-refractivity contribution in [3.05, 3.63) is 0 Å². The molecule has 56 valence electrons. The summed E-state index contributed by atoms with van der Waals surface area (Å²) in [6.07, 6.45) is 2.54. The summed E-state index contributed by atoms with van der Waals surface area (Å²) in [5, 5.41) is 0. The molecule has 0 unspecified atom stereocenters. The summed E-state index contributed by atoms with van der Waals surface area (Å²) in [5.74, 6) is 0. The molecule has 0 heterocycles. The van der Waals surface area contributed by atoms with Gasteiger partial charge in [0.25, 0.3) is 0 Å². The van der Waals surface area contributed by atoms with E-state index in [0.717, 1.165) is 0 Å². The quantitative estimate of drug-likeness (QED) is 0.613. The summed E-state index contributed by atoms with van der Waals surface area (Å²) in [4.78, 5) is 0. The van der Waals surface area contributed by atoms with Gasteiger partial charge in [-0.25, -0.2) is 0 Å². The number of hydrogen-bond donors (Lipinski definition) is 1. The van der Waals surface area contributed by atoms with E-state index in [1.54, 1.807) is 0 Å². The molecule has 0 aliphatic carbocycles. The van der Waals surface area contributed by atoms with Crippen LogP contribution in [0.15, 0.2) is 0 Å². The number of rotatable bonds is 4. The minimum atomic E-state index is 0.406. The van der Waals surface area contributed by atoms with Crippen molar-refractivity contribution in [2.75, 3.05) is 7.05 Å². The minimum absolute atomic E-state index is 0.406. The van der Waals surface area contributed by atoms with Crippen molar-refractivity contribution < 1.29 is 0 Å². The van der Waals surface area contributed by atoms with Gasteiger partial charge in [0.1, 0.15) is 0 Å². The third-order valence-electron chi connectivity index (χ3n) is 1.23. The highest BCUT2D eigenvalue weighted by atomic mass is 32.2. The van der Waals surface area contributed by atoms with Crippen molar-refractivity contribution >= 4 is 11.9 Å². The van der Waals surface area contributed by atoms with Crippen LogP contribution in [0.4, 0.5) is 0 Å². The Bertz CT molecular complexity index is 63.3. The lowest BCUT2D eigenvalue weighted by Gasteiger charge is -2.21. The Hall–Kier alpha value is 0.310. The molecule has 0 atom stereocenters. The lowest BCUT2D eigenvalue weighted by atomic mass is 10.1. The van der Waals surface area contributed by atoms with Gasteiger partial charge < -0.3 is 0 Å². The van der Waals surface area contributed by atoms with Gasteiger partial charge in [-0.1, -0.05) is 25.3 Å². The third kappa shape index (κ3) is 4.79. The van der Waals surface area contributed by atoms with Crippen molar-refractivity contribution in [3.8, 4) is 0 Å². The summed E-state index contributed by atoms with van der Waals surface area (Å²) in [7, 11) is 1.97. The maximum absolute atomic E-state index is 3.11. The first-order chi connectivity index (χ1) is 4.12. The van der Waals surface area contributed by atoms with Crippen LogP contribution in [0.25, 0.3) is 0 Å². The van der Waals surface area contributed by atoms with Crippen molar-refractivity contribution in [1.29, 1.82) is 0 Å². The van der Waals surface area contributed by atoms with Crippen LogP contribution in [0.2, 0.25) is 0 Å². The molecule has 0 fully saturated rings. The van der Waals surface area contributed by atoms with Gasteiger partial charge in [-0.15, -0.1) is 0 Å². The van der Waals surface area contributed by atoms with Gasteiger partial charge in [0.2, 0.25) is 0 Å². The van der Waals surface area contributed by atoms with Crippen LogP contribution in [0.5, 0.6) is 0 Å². The van der Waals surface area contributed by atoms with Gasteiger partial charge in [-0.3, -0.25) is 4.72 Å². The molecule has 0 rings (SSSR count). The van der Waals surface area contributed by atoms with Gasteiger partial charge in [0, 0.05) is 4.75 Å². The molecule has 0 bridgehead atoms. The van der Waals surface area contributed by atoms with Crippen molar-refractivity contribution in [1.82, 2.24) is 4.72 Å². The Kier molecular flexibility index (Phi) is 4.32. The van der Waals surface area contributed by atoms with Crippen molar-refractivity contribution in [2.45, 2.75) is 38.4 Å². The molecule has 1 nitrogen and oxygen atoms in total. The predicted molar refractivity (Wildman–Crippen MR) is 45.6 cm³/mol. The lowest BCUT2D eigenvalue weighted by Crippen LogP contribution is -2.18. The maximum atomic E-state index is 3.11. The highest BCUT2D eigenvalue weighted by molar-refractivity contribution is 7.98. The topological polar surface area (TPSA) is 12.0 Å². The molecule has 0 aromatic rings. The Morgan fingerprint density at radius 3 is 2.33 bits per heavy atom. The van der Waals surface area contributed by atoms with Gasteiger partial charge in [-0.05, 0) is 27.3 Å². The molecule has 2 heteroatoms. The SMILES string of the molecule is CCCC(C)(C)SNC. The smallest absolute Gasteiger partial charge is 0.0248 e. The fourth-order valence-electron chi connectivity index (χ4n) is 0.929. The molecule has 1 N–H and O–H groups in total. The Morgan fingerprint density at radius 2 is 2.00 bits per heavy atom. The van der Waals surface area contributed by atoms with E-state index in [9.17, 15) is 0 Å². The zero-order valence-electron chi connectivity index (χ0n) is 6.82. The monoisotopic (exact) mass is 147 g/mol. The molecular weight excluding hydrogens is 130 g/mol. The molecule has 0 spiro atoms. The molecule has 0 aliphatic heterocycles. The highest BCUT2D eigenvalue weighted by Crippen LogP contribution is 2.25. The fraction of sp³-hybridized carbons (Fsp3) is 1.00. The van der Waals surface area contributed by atoms with E-state index in [2.05, 4.69) is 25.5 Å². The van der Waals surface area contributed by atoms with Crippen LogP contribution in [-0.4, -0.2) is 11.8 Å². The van der Waals surface area contributed by atoms with Gasteiger partial charge >= 0.3 is 0 Å². The van der Waals surface area contributed by atoms with E-state index in [1.807, 2.05) is 19.0 Å². The van der Waals surface area contributed by atoms with Crippen LogP contribution in [0, 0.1) is 0 Å². The average molecular weight is 147 g/mol. The molecule has 0 aromatic heterocycles. The first-order valence-corrected chi connectivity index (χ1v) is 4.29. The van der Waals surface area contributed by atoms with E-state index in [1.165, 1.54) is 12.8 Å². The molecule has 0 radical (unpaired) electrons. The van der Waals surface area contributed by atoms with E-state index in [0.29, 0.717) is 4.75 Å². The second kappa shape index (κ2) is 4.18. The average Bonchev–Trinajstić information content (AvgIpc) is 1.64. The summed E-state index contributed by atoms with van der Waals surface area (Å²) in [5.41, 5.74) is 0. The van der Waals surface area contributed by atoms with Gasteiger partial charge in [0.15, 0.2) is 0 Å². The summed E-state index contributed by atoms with van der Waals surface area (Å²) >= 11 is 1.81. The van der Waals surface area contributed by atoms with E-state index < -0.39 is 0 Å². The fourth-order valence-corrected chi connectivity index (χ4v) is 1.79. The molecule has 0 saturated carbocycles. The maximum Gasteiger partial charge on any atom is 0.0248 e. The number of hydrogen-bond acceptors (Lipinski definition) is 2. The van der Waals surface area contributed by atoms with Crippen LogP contribution >= 0.6 is 11.9 Å². The first kappa shape index (κ1) is 9.31. The zero-order valence-corrected chi connectivity index (χ0v) is 7.64. The molecule has 0 aliphatic rings. The first-order valence-electron chi connectivity index (χ1n) is 3.47. The summed E-state index contributed by atoms with van der Waals surface area (Å²) in [6, 6.07) is 0. The van der Waals surface area contributed by atoms with Crippen molar-refractivity contribution in [2.24, 2.45) is 0 Å². The largest absolute Gasteiger partial charge is 0.267 e. The molecule has 0 amide bonds. The van der Waals surface area contributed by atoms with Crippen LogP contribution in [0.3, 0.4) is 0 Å². The Balaban J connectivity index is 3.43.